The third-order valence-electron chi connectivity index (χ3n) is 4.82. The molecule has 0 radical (unpaired) electrons. The summed E-state index contributed by atoms with van der Waals surface area (Å²) in [6, 6.07) is 1.65. The van der Waals surface area contributed by atoms with Crippen molar-refractivity contribution in [2.45, 2.75) is 76.2 Å². The normalized spacial score (nSPS) is 37.5. The van der Waals surface area contributed by atoms with Crippen molar-refractivity contribution >= 4 is 0 Å². The van der Waals surface area contributed by atoms with Gasteiger partial charge in [-0.25, -0.2) is 0 Å². The smallest absolute Gasteiger partial charge is 0.0707 e. The quantitative estimate of drug-likeness (QED) is 0.784. The van der Waals surface area contributed by atoms with E-state index in [0.29, 0.717) is 12.2 Å². The molecule has 1 saturated carbocycles. The van der Waals surface area contributed by atoms with Gasteiger partial charge in [0.1, 0.15) is 0 Å². The van der Waals surface area contributed by atoms with E-state index in [-0.39, 0.29) is 0 Å². The Morgan fingerprint density at radius 3 is 2.72 bits per heavy atom. The number of hydrogen-bond acceptors (Lipinski definition) is 3. The molecule has 2 aliphatic heterocycles. The Morgan fingerprint density at radius 2 is 1.94 bits per heavy atom. The van der Waals surface area contributed by atoms with E-state index in [2.05, 4.69) is 17.1 Å². The van der Waals surface area contributed by atoms with Crippen LogP contribution >= 0.6 is 0 Å². The third kappa shape index (κ3) is 3.25. The molecule has 1 aliphatic carbocycles. The topological polar surface area (TPSA) is 24.5 Å². The van der Waals surface area contributed by atoms with Crippen LogP contribution in [0.25, 0.3) is 0 Å². The molecule has 104 valence electrons. The molecular formula is C15H28N2O. The van der Waals surface area contributed by atoms with E-state index in [4.69, 9.17) is 4.74 Å². The first-order valence-electron chi connectivity index (χ1n) is 7.98. The Hall–Kier alpha value is -0.120. The zero-order valence-electron chi connectivity index (χ0n) is 11.7. The highest BCUT2D eigenvalue weighted by atomic mass is 16.5. The fourth-order valence-electron chi connectivity index (χ4n) is 3.51. The number of likely N-dealkylation sites (tertiary alicyclic amines) is 1. The van der Waals surface area contributed by atoms with Gasteiger partial charge in [-0.3, -0.25) is 4.90 Å². The maximum absolute atomic E-state index is 6.19. The van der Waals surface area contributed by atoms with E-state index >= 15 is 0 Å². The van der Waals surface area contributed by atoms with Gasteiger partial charge in [0, 0.05) is 25.2 Å². The molecule has 3 fully saturated rings. The summed E-state index contributed by atoms with van der Waals surface area (Å²) in [5.41, 5.74) is 0. The third-order valence-corrected chi connectivity index (χ3v) is 4.82. The standard InChI is InChI=1S/C15H28N2O/c1-2-13-4-3-9-17(13)11-15-8-7-14(18-15)10-16-12-5-6-12/h12-16H,2-11H2,1H3. The largest absolute Gasteiger partial charge is 0.372 e. The Kier molecular flexibility index (Phi) is 4.22. The van der Waals surface area contributed by atoms with Gasteiger partial charge < -0.3 is 10.1 Å². The predicted molar refractivity (Wildman–Crippen MR) is 73.8 cm³/mol. The summed E-state index contributed by atoms with van der Waals surface area (Å²) in [5.74, 6) is 0. The summed E-state index contributed by atoms with van der Waals surface area (Å²) in [6.07, 6.45) is 10.4. The van der Waals surface area contributed by atoms with Crippen LogP contribution < -0.4 is 5.32 Å². The molecule has 0 aromatic rings. The summed E-state index contributed by atoms with van der Waals surface area (Å²) in [6.45, 7) is 5.88. The molecule has 0 amide bonds. The highest BCUT2D eigenvalue weighted by Gasteiger charge is 2.31. The van der Waals surface area contributed by atoms with Gasteiger partial charge in [0.05, 0.1) is 12.2 Å². The lowest BCUT2D eigenvalue weighted by atomic mass is 10.1. The van der Waals surface area contributed by atoms with E-state index in [9.17, 15) is 0 Å². The Balaban J connectivity index is 1.38. The zero-order chi connectivity index (χ0) is 12.4. The highest BCUT2D eigenvalue weighted by Crippen LogP contribution is 2.26. The van der Waals surface area contributed by atoms with Crippen LogP contribution in [-0.2, 0) is 4.74 Å². The summed E-state index contributed by atoms with van der Waals surface area (Å²) < 4.78 is 6.19. The Bertz CT molecular complexity index is 267. The highest BCUT2D eigenvalue weighted by molar-refractivity contribution is 4.86. The van der Waals surface area contributed by atoms with Gasteiger partial charge in [-0.05, 0) is 51.5 Å². The van der Waals surface area contributed by atoms with Gasteiger partial charge >= 0.3 is 0 Å². The maximum Gasteiger partial charge on any atom is 0.0707 e. The first-order valence-corrected chi connectivity index (χ1v) is 7.98. The van der Waals surface area contributed by atoms with Crippen molar-refractivity contribution in [3.63, 3.8) is 0 Å². The molecule has 3 atom stereocenters. The van der Waals surface area contributed by atoms with Gasteiger partial charge in [-0.1, -0.05) is 6.92 Å². The molecule has 0 spiro atoms. The number of ether oxygens (including phenoxy) is 1. The molecule has 0 aromatic heterocycles. The molecule has 3 unspecified atom stereocenters. The summed E-state index contributed by atoms with van der Waals surface area (Å²) in [7, 11) is 0. The molecule has 2 heterocycles. The Labute approximate surface area is 111 Å². The van der Waals surface area contributed by atoms with Crippen molar-refractivity contribution in [2.75, 3.05) is 19.6 Å². The Morgan fingerprint density at radius 1 is 1.11 bits per heavy atom. The van der Waals surface area contributed by atoms with E-state index in [0.717, 1.165) is 18.6 Å². The maximum atomic E-state index is 6.19. The van der Waals surface area contributed by atoms with Gasteiger partial charge in [0.25, 0.3) is 0 Å². The van der Waals surface area contributed by atoms with Gasteiger partial charge in [-0.15, -0.1) is 0 Å². The molecule has 0 bridgehead atoms. The zero-order valence-corrected chi connectivity index (χ0v) is 11.7. The summed E-state index contributed by atoms with van der Waals surface area (Å²) in [5, 5.41) is 3.59. The number of nitrogens with zero attached hydrogens (tertiary/aromatic N) is 1. The number of nitrogens with one attached hydrogen (secondary N) is 1. The molecule has 3 rings (SSSR count). The minimum absolute atomic E-state index is 0.485. The summed E-state index contributed by atoms with van der Waals surface area (Å²) >= 11 is 0. The van der Waals surface area contributed by atoms with Crippen LogP contribution in [0.15, 0.2) is 0 Å². The van der Waals surface area contributed by atoms with Crippen molar-refractivity contribution < 1.29 is 4.74 Å². The van der Waals surface area contributed by atoms with Crippen molar-refractivity contribution in [3.8, 4) is 0 Å². The van der Waals surface area contributed by atoms with Gasteiger partial charge in [0.2, 0.25) is 0 Å². The monoisotopic (exact) mass is 252 g/mol. The fourth-order valence-corrected chi connectivity index (χ4v) is 3.51. The lowest BCUT2D eigenvalue weighted by molar-refractivity contribution is 0.0205. The minimum Gasteiger partial charge on any atom is -0.372 e. The molecule has 3 heteroatoms. The average molecular weight is 252 g/mol. The summed E-state index contributed by atoms with van der Waals surface area (Å²) in [4.78, 5) is 2.67. The van der Waals surface area contributed by atoms with Crippen molar-refractivity contribution in [2.24, 2.45) is 0 Å². The van der Waals surface area contributed by atoms with Crippen LogP contribution in [0.5, 0.6) is 0 Å². The van der Waals surface area contributed by atoms with Crippen molar-refractivity contribution in [1.29, 1.82) is 0 Å². The lowest BCUT2D eigenvalue weighted by Crippen LogP contribution is -2.37. The molecule has 18 heavy (non-hydrogen) atoms. The molecule has 0 aromatic carbocycles. The van der Waals surface area contributed by atoms with Crippen LogP contribution in [0.2, 0.25) is 0 Å². The first kappa shape index (κ1) is 12.9. The van der Waals surface area contributed by atoms with E-state index in [1.807, 2.05) is 0 Å². The van der Waals surface area contributed by atoms with Crippen LogP contribution in [0.4, 0.5) is 0 Å². The second kappa shape index (κ2) is 5.89. The van der Waals surface area contributed by atoms with E-state index in [1.165, 1.54) is 58.0 Å². The average Bonchev–Trinajstić information content (AvgIpc) is 2.93. The second-order valence-electron chi connectivity index (χ2n) is 6.34. The van der Waals surface area contributed by atoms with Gasteiger partial charge in [-0.2, -0.15) is 0 Å². The molecule has 3 aliphatic rings. The molecule has 1 N–H and O–H groups in total. The van der Waals surface area contributed by atoms with Gasteiger partial charge in [0.15, 0.2) is 0 Å². The number of hydrogen-bond donors (Lipinski definition) is 1. The van der Waals surface area contributed by atoms with Crippen LogP contribution in [0.1, 0.15) is 51.9 Å². The predicted octanol–water partition coefficient (Wildman–Crippen LogP) is 2.16. The number of rotatable bonds is 6. The van der Waals surface area contributed by atoms with E-state index in [1.54, 1.807) is 0 Å². The molecule has 3 nitrogen and oxygen atoms in total. The van der Waals surface area contributed by atoms with Crippen LogP contribution in [0.3, 0.4) is 0 Å². The lowest BCUT2D eigenvalue weighted by Gasteiger charge is -2.26. The SMILES string of the molecule is CCC1CCCN1CC1CCC(CNC2CC2)O1. The van der Waals surface area contributed by atoms with Crippen LogP contribution in [0, 0.1) is 0 Å². The molecular weight excluding hydrogens is 224 g/mol. The van der Waals surface area contributed by atoms with E-state index < -0.39 is 0 Å². The van der Waals surface area contributed by atoms with Crippen molar-refractivity contribution in [1.82, 2.24) is 10.2 Å². The first-order chi connectivity index (χ1) is 8.85. The second-order valence-corrected chi connectivity index (χ2v) is 6.34. The molecule has 2 saturated heterocycles. The fraction of sp³-hybridized carbons (Fsp3) is 1.00. The minimum atomic E-state index is 0.485. The van der Waals surface area contributed by atoms with Crippen LogP contribution in [-0.4, -0.2) is 48.8 Å². The van der Waals surface area contributed by atoms with Crippen molar-refractivity contribution in [3.05, 3.63) is 0 Å².